The Labute approximate surface area is 170 Å². The predicted octanol–water partition coefficient (Wildman–Crippen LogP) is 2.88. The molecule has 28 heavy (non-hydrogen) atoms. The lowest BCUT2D eigenvalue weighted by molar-refractivity contribution is -0.210. The molecule has 1 aliphatic heterocycles. The topological polar surface area (TPSA) is 107 Å². The van der Waals surface area contributed by atoms with E-state index in [1.165, 1.54) is 64.2 Å². The highest BCUT2D eigenvalue weighted by Crippen LogP contribution is 2.20. The molecule has 0 bridgehead atoms. The van der Waals surface area contributed by atoms with E-state index in [1.807, 2.05) is 0 Å². The molecule has 1 aliphatic rings. The molecule has 6 heteroatoms. The summed E-state index contributed by atoms with van der Waals surface area (Å²) in [4.78, 5) is 12.1. The first-order valence-corrected chi connectivity index (χ1v) is 11.4. The number of Topliss-reactive ketones (excluding diaryl/α,β-unsaturated/α-hetero) is 1. The third-order valence-electron chi connectivity index (χ3n) is 5.71. The molecule has 5 atom stereocenters. The molecule has 0 aromatic rings. The van der Waals surface area contributed by atoms with Crippen molar-refractivity contribution >= 4 is 5.78 Å². The van der Waals surface area contributed by atoms with Crippen LogP contribution in [0.15, 0.2) is 0 Å². The molecule has 0 saturated carbocycles. The van der Waals surface area contributed by atoms with Gasteiger partial charge < -0.3 is 25.2 Å². The summed E-state index contributed by atoms with van der Waals surface area (Å²) in [5.74, 6) is -0.379. The van der Waals surface area contributed by atoms with Crippen LogP contribution in [-0.2, 0) is 9.53 Å². The lowest BCUT2D eigenvalue weighted by atomic mass is 9.93. The Hall–Kier alpha value is -0.530. The Balaban J connectivity index is 1.99. The van der Waals surface area contributed by atoms with Gasteiger partial charge in [-0.15, -0.1) is 0 Å². The molecular formula is C22H42O6. The molecular weight excluding hydrogens is 360 g/mol. The SMILES string of the molecule is CCCCCCCCCCCCCCCC(=O)C(O)C1OC[C@@H](O)[C@H](O)[C@H]1O. The fourth-order valence-corrected chi connectivity index (χ4v) is 3.75. The van der Waals surface area contributed by atoms with Crippen molar-refractivity contribution in [1.82, 2.24) is 0 Å². The van der Waals surface area contributed by atoms with Crippen LogP contribution < -0.4 is 0 Å². The number of ketones is 1. The number of hydrogen-bond acceptors (Lipinski definition) is 6. The number of unbranched alkanes of at least 4 members (excludes halogenated alkanes) is 12. The van der Waals surface area contributed by atoms with Crippen LogP contribution >= 0.6 is 0 Å². The standard InChI is InChI=1S/C22H42O6/c1-2-3-4-5-6-7-8-9-10-11-12-13-14-15-17(23)20(26)22-21(27)19(25)18(24)16-28-22/h18-22,24-27H,2-16H2,1H3/t18-,19+,20?,21-,22?/m1/s1. The zero-order valence-corrected chi connectivity index (χ0v) is 17.6. The average molecular weight is 403 g/mol. The van der Waals surface area contributed by atoms with Crippen LogP contribution in [0, 0.1) is 0 Å². The van der Waals surface area contributed by atoms with Crippen LogP contribution in [0.25, 0.3) is 0 Å². The van der Waals surface area contributed by atoms with Crippen LogP contribution in [0.5, 0.6) is 0 Å². The first-order chi connectivity index (χ1) is 13.5. The Morgan fingerprint density at radius 2 is 1.29 bits per heavy atom. The first-order valence-electron chi connectivity index (χ1n) is 11.4. The molecule has 0 aromatic heterocycles. The van der Waals surface area contributed by atoms with Crippen molar-refractivity contribution in [3.8, 4) is 0 Å². The Morgan fingerprint density at radius 3 is 1.79 bits per heavy atom. The highest BCUT2D eigenvalue weighted by atomic mass is 16.5. The van der Waals surface area contributed by atoms with Crippen molar-refractivity contribution in [2.24, 2.45) is 0 Å². The number of aliphatic hydroxyl groups is 4. The second-order valence-electron chi connectivity index (χ2n) is 8.25. The van der Waals surface area contributed by atoms with E-state index >= 15 is 0 Å². The van der Waals surface area contributed by atoms with Gasteiger partial charge in [0.2, 0.25) is 0 Å². The number of carbonyl (C=O) groups is 1. The van der Waals surface area contributed by atoms with Gasteiger partial charge in [-0.3, -0.25) is 4.79 Å². The zero-order valence-electron chi connectivity index (χ0n) is 17.6. The molecule has 2 unspecified atom stereocenters. The van der Waals surface area contributed by atoms with Gasteiger partial charge >= 0.3 is 0 Å². The highest BCUT2D eigenvalue weighted by molar-refractivity contribution is 5.83. The summed E-state index contributed by atoms with van der Waals surface area (Å²) < 4.78 is 5.14. The molecule has 0 spiro atoms. The molecule has 0 radical (unpaired) electrons. The van der Waals surface area contributed by atoms with Gasteiger partial charge in [0, 0.05) is 6.42 Å². The third kappa shape index (κ3) is 9.79. The van der Waals surface area contributed by atoms with E-state index < -0.39 is 30.5 Å². The lowest BCUT2D eigenvalue weighted by Gasteiger charge is -2.37. The molecule has 4 N–H and O–H groups in total. The quantitative estimate of drug-likeness (QED) is 0.296. The maximum absolute atomic E-state index is 12.1. The van der Waals surface area contributed by atoms with Crippen molar-refractivity contribution in [2.45, 2.75) is 127 Å². The van der Waals surface area contributed by atoms with Crippen LogP contribution in [0.4, 0.5) is 0 Å². The van der Waals surface area contributed by atoms with Crippen LogP contribution in [0.3, 0.4) is 0 Å². The number of ether oxygens (including phenoxy) is 1. The number of carbonyl (C=O) groups excluding carboxylic acids is 1. The van der Waals surface area contributed by atoms with Gasteiger partial charge in [0.15, 0.2) is 5.78 Å². The summed E-state index contributed by atoms with van der Waals surface area (Å²) in [7, 11) is 0. The monoisotopic (exact) mass is 402 g/mol. The smallest absolute Gasteiger partial charge is 0.164 e. The summed E-state index contributed by atoms with van der Waals surface area (Å²) in [6.45, 7) is 2.04. The van der Waals surface area contributed by atoms with Crippen molar-refractivity contribution < 1.29 is 30.0 Å². The van der Waals surface area contributed by atoms with Crippen LogP contribution in [-0.4, -0.2) is 63.3 Å². The maximum Gasteiger partial charge on any atom is 0.164 e. The molecule has 6 nitrogen and oxygen atoms in total. The van der Waals surface area contributed by atoms with E-state index in [-0.39, 0.29) is 18.8 Å². The van der Waals surface area contributed by atoms with Crippen molar-refractivity contribution in [3.05, 3.63) is 0 Å². The number of hydrogen-bond donors (Lipinski definition) is 4. The van der Waals surface area contributed by atoms with E-state index in [1.54, 1.807) is 0 Å². The number of rotatable bonds is 16. The summed E-state index contributed by atoms with van der Waals surface area (Å²) in [6.07, 6.45) is 9.43. The van der Waals surface area contributed by atoms with E-state index in [9.17, 15) is 25.2 Å². The van der Waals surface area contributed by atoms with Crippen LogP contribution in [0.1, 0.15) is 96.8 Å². The minimum atomic E-state index is -1.46. The van der Waals surface area contributed by atoms with Crippen LogP contribution in [0.2, 0.25) is 0 Å². The van der Waals surface area contributed by atoms with Crippen molar-refractivity contribution in [2.75, 3.05) is 6.61 Å². The van der Waals surface area contributed by atoms with Gasteiger partial charge in [0.05, 0.1) is 6.61 Å². The summed E-state index contributed by atoms with van der Waals surface area (Å²) >= 11 is 0. The summed E-state index contributed by atoms with van der Waals surface area (Å²) in [6, 6.07) is 0. The molecule has 0 aromatic carbocycles. The molecule has 1 rings (SSSR count). The lowest BCUT2D eigenvalue weighted by Crippen LogP contribution is -2.58. The van der Waals surface area contributed by atoms with Gasteiger partial charge in [-0.2, -0.15) is 0 Å². The highest BCUT2D eigenvalue weighted by Gasteiger charge is 2.42. The minimum absolute atomic E-state index is 0.202. The maximum atomic E-state index is 12.1. The fraction of sp³-hybridized carbons (Fsp3) is 0.955. The van der Waals surface area contributed by atoms with Gasteiger partial charge in [-0.05, 0) is 6.42 Å². The summed E-state index contributed by atoms with van der Waals surface area (Å²) in [5, 5.41) is 39.0. The largest absolute Gasteiger partial charge is 0.388 e. The summed E-state index contributed by atoms with van der Waals surface area (Å²) in [5.41, 5.74) is 0. The Bertz CT molecular complexity index is 402. The Kier molecular flexibility index (Phi) is 14.0. The van der Waals surface area contributed by atoms with Gasteiger partial charge in [0.1, 0.15) is 30.5 Å². The van der Waals surface area contributed by atoms with Crippen molar-refractivity contribution in [1.29, 1.82) is 0 Å². The molecule has 1 heterocycles. The minimum Gasteiger partial charge on any atom is -0.388 e. The molecule has 0 aliphatic carbocycles. The van der Waals surface area contributed by atoms with Crippen molar-refractivity contribution in [3.63, 3.8) is 0 Å². The first kappa shape index (κ1) is 25.5. The van der Waals surface area contributed by atoms with E-state index in [2.05, 4.69) is 6.92 Å². The molecule has 166 valence electrons. The normalized spacial score (nSPS) is 26.3. The van der Waals surface area contributed by atoms with Gasteiger partial charge in [-0.1, -0.05) is 84.0 Å². The Morgan fingerprint density at radius 1 is 0.821 bits per heavy atom. The van der Waals surface area contributed by atoms with E-state index in [0.29, 0.717) is 6.42 Å². The third-order valence-corrected chi connectivity index (χ3v) is 5.71. The predicted molar refractivity (Wildman–Crippen MR) is 109 cm³/mol. The van der Waals surface area contributed by atoms with E-state index in [4.69, 9.17) is 4.74 Å². The van der Waals surface area contributed by atoms with Gasteiger partial charge in [-0.25, -0.2) is 0 Å². The molecule has 1 saturated heterocycles. The second-order valence-corrected chi connectivity index (χ2v) is 8.25. The van der Waals surface area contributed by atoms with Gasteiger partial charge in [0.25, 0.3) is 0 Å². The molecule has 1 fully saturated rings. The average Bonchev–Trinajstić information content (AvgIpc) is 2.69. The fourth-order valence-electron chi connectivity index (χ4n) is 3.75. The van der Waals surface area contributed by atoms with E-state index in [0.717, 1.165) is 12.8 Å². The second kappa shape index (κ2) is 15.3. The molecule has 0 amide bonds. The number of aliphatic hydroxyl groups excluding tert-OH is 4. The zero-order chi connectivity index (χ0) is 20.8.